The molecule has 0 radical (unpaired) electrons. The summed E-state index contributed by atoms with van der Waals surface area (Å²) < 4.78 is 54.2. The van der Waals surface area contributed by atoms with Crippen molar-refractivity contribution in [3.8, 4) is 0 Å². The van der Waals surface area contributed by atoms with Gasteiger partial charge in [-0.25, -0.2) is 33.6 Å². The lowest BCUT2D eigenvalue weighted by atomic mass is 9.86. The van der Waals surface area contributed by atoms with Gasteiger partial charge >= 0.3 is 41.8 Å². The predicted molar refractivity (Wildman–Crippen MR) is 296 cm³/mol. The molecule has 0 heterocycles. The third-order valence-corrected chi connectivity index (χ3v) is 11.2. The third-order valence-electron chi connectivity index (χ3n) is 11.2. The number of aliphatic hydroxyl groups is 8. The Kier molecular flexibility index (Phi) is 61.2. The summed E-state index contributed by atoms with van der Waals surface area (Å²) in [6.45, 7) is -1.09. The number of aliphatic hydroxyl groups excluding tert-OH is 8. The van der Waals surface area contributed by atoms with Crippen molar-refractivity contribution in [1.82, 2.24) is 5.32 Å². The first kappa shape index (κ1) is 92.6. The molecular formula is C50H101N3O33. The minimum atomic E-state index is -1.18. The lowest BCUT2D eigenvalue weighted by Crippen LogP contribution is -2.51. The number of aliphatic carboxylic acids is 7. The highest BCUT2D eigenvalue weighted by Crippen LogP contribution is 2.25. The number of hydrogen-bond donors (Lipinski definition) is 18. The molecule has 0 aromatic carbocycles. The number of ether oxygens (including phenoxy) is 11. The maximum absolute atomic E-state index is 10.5. The van der Waals surface area contributed by atoms with Crippen LogP contribution in [0.1, 0.15) is 33.1 Å². The summed E-state index contributed by atoms with van der Waals surface area (Å²) in [5.74, 6) is -7.90. The Bertz CT molecular complexity index is 1530. The first-order valence-corrected chi connectivity index (χ1v) is 26.0. The van der Waals surface area contributed by atoms with Gasteiger partial charge in [0.25, 0.3) is 0 Å². The average molecular weight is 1270 g/mol. The van der Waals surface area contributed by atoms with Gasteiger partial charge in [0.05, 0.1) is 153 Å². The van der Waals surface area contributed by atoms with Crippen LogP contribution in [-0.2, 0) is 85.7 Å². The van der Waals surface area contributed by atoms with Gasteiger partial charge in [0, 0.05) is 40.4 Å². The molecule has 0 saturated carbocycles. The lowest BCUT2D eigenvalue weighted by molar-refractivity contribution is -0.155. The average Bonchev–Trinajstić information content (AvgIpc) is 3.37. The molecule has 20 N–H and O–H groups in total. The van der Waals surface area contributed by atoms with E-state index in [4.69, 9.17) is 130 Å². The highest BCUT2D eigenvalue weighted by molar-refractivity contribution is 5.69. The predicted octanol–water partition coefficient (Wildman–Crippen LogP) is -6.08. The van der Waals surface area contributed by atoms with Gasteiger partial charge in [-0.15, -0.1) is 0 Å². The number of rotatable bonds is 49. The number of nitrogens with two attached hydrogens (primary N) is 2. The van der Waals surface area contributed by atoms with E-state index in [1.165, 1.54) is 28.4 Å². The molecule has 0 unspecified atom stereocenters. The van der Waals surface area contributed by atoms with Crippen LogP contribution < -0.4 is 16.8 Å². The van der Waals surface area contributed by atoms with Crippen LogP contribution in [0.15, 0.2) is 0 Å². The van der Waals surface area contributed by atoms with Crippen LogP contribution in [0.4, 0.5) is 0 Å². The van der Waals surface area contributed by atoms with Gasteiger partial charge < -0.3 is 145 Å². The number of nitrogens with one attached hydrogen (secondary N) is 1. The standard InChI is InChI=1S/C12H20O10.C11H20O7.C10H19NO7.C6H15NO2.C6H14O4.C5H13NO3/c1-19-5-12(6-20-2-9(13)14,7-21-3-10(15)16)8-22-4-11(17)18;1-2-3-11(6-12,7-17-4-9(13)14)8-18-5-10(15)16;1-16-5-10(4-11,6-17-2-8(12)13)7-18-3-9(14)15;1-3-6(4-8,5-9)7-2;1-10-5-6(2-7,3-8)4-9;1-9-4-5(6,2-7)3-8/h2-8H2,1H3,(H,13,14)(H,15,16)(H,17,18);12H,2-8H2,1H3,(H,13,14)(H,15,16);2-7,11H2,1H3,(H,12,13)(H,14,15);7-9H,3-5H2,1-2H3;7-9H,2-5H2,1H3;7-8H,2-4,6H2,1H3. The quantitative estimate of drug-likeness (QED) is 0.0270. The Morgan fingerprint density at radius 3 is 0.756 bits per heavy atom. The molecule has 86 heavy (non-hydrogen) atoms. The SMILES string of the molecule is CCC(CO)(CO)NC.CCCC(CO)(COCC(=O)O)COCC(=O)O.COCC(CN)(COCC(=O)O)COCC(=O)O.COCC(CO)(CO)CO.COCC(COCC(=O)O)(COCC(=O)O)COCC(=O)O.COCC(N)(CO)CO. The molecule has 36 heteroatoms. The second kappa shape index (κ2) is 56.9. The van der Waals surface area contributed by atoms with E-state index in [1.54, 1.807) is 7.05 Å². The number of carbonyl (C=O) groups is 7. The number of hydrogen-bond acceptors (Lipinski definition) is 29. The molecule has 514 valence electrons. The van der Waals surface area contributed by atoms with Crippen LogP contribution in [-0.4, -0.2) is 343 Å². The Labute approximate surface area is 499 Å². The van der Waals surface area contributed by atoms with Gasteiger partial charge in [-0.1, -0.05) is 20.3 Å². The van der Waals surface area contributed by atoms with Crippen molar-refractivity contribution in [2.45, 2.75) is 44.2 Å². The molecule has 0 spiro atoms. The van der Waals surface area contributed by atoms with E-state index in [0.717, 1.165) is 12.8 Å². The highest BCUT2D eigenvalue weighted by atomic mass is 16.6. The van der Waals surface area contributed by atoms with E-state index in [0.29, 0.717) is 6.42 Å². The second-order valence-electron chi connectivity index (χ2n) is 19.4. The molecule has 0 atom stereocenters. The minimum Gasteiger partial charge on any atom is -0.480 e. The van der Waals surface area contributed by atoms with Crippen molar-refractivity contribution in [1.29, 1.82) is 0 Å². The molecule has 0 bridgehead atoms. The van der Waals surface area contributed by atoms with E-state index in [1.807, 2.05) is 13.8 Å². The summed E-state index contributed by atoms with van der Waals surface area (Å²) in [6.07, 6.45) is 2.03. The van der Waals surface area contributed by atoms with Crippen molar-refractivity contribution in [2.75, 3.05) is 214 Å². The maximum atomic E-state index is 10.5. The summed E-state index contributed by atoms with van der Waals surface area (Å²) >= 11 is 0. The molecule has 0 aliphatic rings. The van der Waals surface area contributed by atoms with Crippen LogP contribution >= 0.6 is 0 Å². The summed E-state index contributed by atoms with van der Waals surface area (Å²) in [5, 5.41) is 133. The van der Waals surface area contributed by atoms with Gasteiger partial charge in [0.15, 0.2) is 0 Å². The fraction of sp³-hybridized carbons (Fsp3) is 0.860. The smallest absolute Gasteiger partial charge is 0.329 e. The lowest BCUT2D eigenvalue weighted by Gasteiger charge is -2.31. The Morgan fingerprint density at radius 1 is 0.360 bits per heavy atom. The van der Waals surface area contributed by atoms with Crippen molar-refractivity contribution in [2.24, 2.45) is 33.1 Å². The first-order valence-electron chi connectivity index (χ1n) is 26.0. The molecule has 36 nitrogen and oxygen atoms in total. The highest BCUT2D eigenvalue weighted by Gasteiger charge is 2.34. The van der Waals surface area contributed by atoms with E-state index in [9.17, 15) is 38.7 Å². The fourth-order valence-corrected chi connectivity index (χ4v) is 6.17. The molecule has 0 aromatic heterocycles. The Balaban J connectivity index is -0.000000231. The molecule has 0 fully saturated rings. The molecule has 0 amide bonds. The fourth-order valence-electron chi connectivity index (χ4n) is 6.17. The van der Waals surface area contributed by atoms with Gasteiger partial charge in [0.1, 0.15) is 46.2 Å². The van der Waals surface area contributed by atoms with E-state index < -0.39 is 121 Å². The first-order chi connectivity index (χ1) is 40.4. The van der Waals surface area contributed by atoms with Crippen LogP contribution in [0.2, 0.25) is 0 Å². The normalized spacial score (nSPS) is 11.6. The summed E-state index contributed by atoms with van der Waals surface area (Å²) in [7, 11) is 7.48. The Hall–Kier alpha value is -4.59. The topological polar surface area (TPSA) is 589 Å². The van der Waals surface area contributed by atoms with Crippen molar-refractivity contribution in [3.63, 3.8) is 0 Å². The van der Waals surface area contributed by atoms with Crippen LogP contribution in [0, 0.1) is 21.7 Å². The van der Waals surface area contributed by atoms with E-state index >= 15 is 0 Å². The van der Waals surface area contributed by atoms with Crippen LogP contribution in [0.5, 0.6) is 0 Å². The zero-order valence-corrected chi connectivity index (χ0v) is 50.4. The summed E-state index contributed by atoms with van der Waals surface area (Å²) in [4.78, 5) is 72.8. The number of likely N-dealkylation sites (N-methyl/N-ethyl adjacent to an activating group) is 1. The second-order valence-corrected chi connectivity index (χ2v) is 19.4. The van der Waals surface area contributed by atoms with Crippen LogP contribution in [0.25, 0.3) is 0 Å². The zero-order chi connectivity index (χ0) is 67.7. The number of carboxylic acid groups (broad SMARTS) is 7. The zero-order valence-electron chi connectivity index (χ0n) is 50.4. The molecule has 0 aliphatic heterocycles. The molecule has 0 rings (SSSR count). The van der Waals surface area contributed by atoms with Gasteiger partial charge in [-0.05, 0) is 19.9 Å². The maximum Gasteiger partial charge on any atom is 0.329 e. The van der Waals surface area contributed by atoms with Gasteiger partial charge in [-0.2, -0.15) is 0 Å². The number of methoxy groups -OCH3 is 4. The van der Waals surface area contributed by atoms with Crippen molar-refractivity contribution >= 4 is 41.8 Å². The Morgan fingerprint density at radius 2 is 0.605 bits per heavy atom. The summed E-state index contributed by atoms with van der Waals surface area (Å²) in [5.41, 5.74) is 6.13. The van der Waals surface area contributed by atoms with E-state index in [-0.39, 0.29) is 132 Å². The van der Waals surface area contributed by atoms with Crippen molar-refractivity contribution < 1.29 is 162 Å². The summed E-state index contributed by atoms with van der Waals surface area (Å²) in [6, 6.07) is 0. The van der Waals surface area contributed by atoms with E-state index in [2.05, 4.69) is 10.1 Å². The molecular weight excluding hydrogens is 1170 g/mol. The minimum absolute atomic E-state index is 0.00581. The molecule has 0 aromatic rings. The monoisotopic (exact) mass is 1270 g/mol. The molecule has 0 saturated heterocycles. The molecule has 0 aliphatic carbocycles. The van der Waals surface area contributed by atoms with Gasteiger partial charge in [0.2, 0.25) is 0 Å². The van der Waals surface area contributed by atoms with Gasteiger partial charge in [-0.3, -0.25) is 0 Å². The van der Waals surface area contributed by atoms with Crippen molar-refractivity contribution in [3.05, 3.63) is 0 Å². The largest absolute Gasteiger partial charge is 0.480 e. The number of carboxylic acids is 7. The van der Waals surface area contributed by atoms with Crippen LogP contribution in [0.3, 0.4) is 0 Å². The third kappa shape index (κ3) is 51.5.